The van der Waals surface area contributed by atoms with Crippen molar-refractivity contribution in [3.05, 3.63) is 100 Å². The van der Waals surface area contributed by atoms with Gasteiger partial charge in [0.2, 0.25) is 5.91 Å². The van der Waals surface area contributed by atoms with E-state index < -0.39 is 5.91 Å². The van der Waals surface area contributed by atoms with E-state index in [2.05, 4.69) is 10.4 Å². The molecule has 0 bridgehead atoms. The van der Waals surface area contributed by atoms with Crippen molar-refractivity contribution in [2.45, 2.75) is 20.3 Å². The Labute approximate surface area is 197 Å². The van der Waals surface area contributed by atoms with E-state index in [1.54, 1.807) is 48.5 Å². The fourth-order valence-electron chi connectivity index (χ4n) is 3.84. The van der Waals surface area contributed by atoms with E-state index in [0.29, 0.717) is 35.1 Å². The molecule has 0 spiro atoms. The molecule has 34 heavy (non-hydrogen) atoms. The Kier molecular flexibility index (Phi) is 6.82. The number of amides is 2. The maximum atomic E-state index is 13.7. The first-order chi connectivity index (χ1) is 16.5. The minimum atomic E-state index is -0.400. The number of anilines is 1. The minimum absolute atomic E-state index is 0.124. The van der Waals surface area contributed by atoms with Crippen LogP contribution in [0.15, 0.2) is 83.7 Å². The van der Waals surface area contributed by atoms with Crippen molar-refractivity contribution in [2.75, 3.05) is 18.4 Å². The zero-order chi connectivity index (χ0) is 24.1. The molecular formula is C27H26N4O3. The molecular weight excluding hydrogens is 428 g/mol. The summed E-state index contributed by atoms with van der Waals surface area (Å²) in [4.78, 5) is 41.1. The summed E-state index contributed by atoms with van der Waals surface area (Å²) in [6.45, 7) is 4.10. The van der Waals surface area contributed by atoms with Crippen LogP contribution in [0.1, 0.15) is 29.4 Å². The molecule has 0 aliphatic rings. The Morgan fingerprint density at radius 3 is 2.26 bits per heavy atom. The van der Waals surface area contributed by atoms with Gasteiger partial charge in [-0.25, -0.2) is 0 Å². The largest absolute Gasteiger partial charge is 0.328 e. The quantitative estimate of drug-likeness (QED) is 0.454. The molecule has 1 heterocycles. The second kappa shape index (κ2) is 10.1. The predicted molar refractivity (Wildman–Crippen MR) is 133 cm³/mol. The van der Waals surface area contributed by atoms with Gasteiger partial charge in [-0.2, -0.15) is 9.78 Å². The Bertz CT molecular complexity index is 1400. The van der Waals surface area contributed by atoms with E-state index in [4.69, 9.17) is 0 Å². The van der Waals surface area contributed by atoms with Crippen molar-refractivity contribution < 1.29 is 9.59 Å². The molecule has 0 aliphatic heterocycles. The highest BCUT2D eigenvalue weighted by atomic mass is 16.2. The van der Waals surface area contributed by atoms with Crippen LogP contribution in [0.25, 0.3) is 16.5 Å². The van der Waals surface area contributed by atoms with E-state index in [-0.39, 0.29) is 23.7 Å². The summed E-state index contributed by atoms with van der Waals surface area (Å²) in [6.07, 6.45) is 0.666. The predicted octanol–water partition coefficient (Wildman–Crippen LogP) is 4.19. The van der Waals surface area contributed by atoms with Crippen LogP contribution in [0, 0.1) is 6.92 Å². The summed E-state index contributed by atoms with van der Waals surface area (Å²) in [7, 11) is 0. The molecule has 172 valence electrons. The monoisotopic (exact) mass is 454 g/mol. The third kappa shape index (κ3) is 4.73. The van der Waals surface area contributed by atoms with Gasteiger partial charge in [-0.3, -0.25) is 14.4 Å². The average molecular weight is 455 g/mol. The number of benzene rings is 3. The highest BCUT2D eigenvalue weighted by Gasteiger charge is 2.24. The van der Waals surface area contributed by atoms with Crippen LogP contribution >= 0.6 is 0 Å². The summed E-state index contributed by atoms with van der Waals surface area (Å²) in [5.41, 5.74) is 2.03. The van der Waals surface area contributed by atoms with Gasteiger partial charge in [-0.15, -0.1) is 0 Å². The number of rotatable bonds is 7. The van der Waals surface area contributed by atoms with Crippen molar-refractivity contribution in [1.29, 1.82) is 0 Å². The molecule has 0 saturated heterocycles. The van der Waals surface area contributed by atoms with Crippen molar-refractivity contribution in [3.63, 3.8) is 0 Å². The van der Waals surface area contributed by atoms with E-state index in [0.717, 1.165) is 5.56 Å². The lowest BCUT2D eigenvalue weighted by molar-refractivity contribution is -0.116. The first kappa shape index (κ1) is 22.9. The highest BCUT2D eigenvalue weighted by molar-refractivity contribution is 6.06. The van der Waals surface area contributed by atoms with E-state index >= 15 is 0 Å². The fourth-order valence-corrected chi connectivity index (χ4v) is 3.84. The van der Waals surface area contributed by atoms with E-state index in [1.165, 1.54) is 9.58 Å². The molecule has 0 fully saturated rings. The lowest BCUT2D eigenvalue weighted by Gasteiger charge is -2.22. The smallest absolute Gasteiger partial charge is 0.279 e. The van der Waals surface area contributed by atoms with Gasteiger partial charge in [0.15, 0.2) is 5.69 Å². The van der Waals surface area contributed by atoms with E-state index in [1.807, 2.05) is 44.2 Å². The Balaban J connectivity index is 1.72. The van der Waals surface area contributed by atoms with Gasteiger partial charge in [0.05, 0.1) is 11.1 Å². The molecule has 1 aromatic heterocycles. The van der Waals surface area contributed by atoms with Crippen LogP contribution in [0.5, 0.6) is 0 Å². The van der Waals surface area contributed by atoms with Crippen molar-refractivity contribution in [1.82, 2.24) is 14.7 Å². The molecule has 0 aliphatic carbocycles. The standard InChI is InChI=1S/C27H26N4O3/c1-3-17-30(18-24(32)28-23-16-10-7-11-19(23)2)27(34)25-21-14-8-9-15-22(21)26(33)31(29-25)20-12-5-4-6-13-20/h4-16H,3,17-18H2,1-2H3,(H,28,32). The van der Waals surface area contributed by atoms with Crippen LogP contribution in [-0.2, 0) is 4.79 Å². The van der Waals surface area contributed by atoms with Crippen molar-refractivity contribution >= 4 is 28.3 Å². The van der Waals surface area contributed by atoms with Gasteiger partial charge in [0.1, 0.15) is 6.54 Å². The third-order valence-electron chi connectivity index (χ3n) is 5.54. The first-order valence-corrected chi connectivity index (χ1v) is 11.2. The number of fused-ring (bicyclic) bond motifs is 1. The SMILES string of the molecule is CCCN(CC(=O)Nc1ccccc1C)C(=O)c1nn(-c2ccccc2)c(=O)c2ccccc12. The number of hydrogen-bond acceptors (Lipinski definition) is 4. The normalized spacial score (nSPS) is 10.8. The molecule has 2 amide bonds. The average Bonchev–Trinajstić information content (AvgIpc) is 2.86. The molecule has 0 radical (unpaired) electrons. The Morgan fingerprint density at radius 2 is 1.56 bits per heavy atom. The Hall–Kier alpha value is -4.26. The van der Waals surface area contributed by atoms with Crippen LogP contribution in [0.2, 0.25) is 0 Å². The van der Waals surface area contributed by atoms with Crippen LogP contribution in [0.3, 0.4) is 0 Å². The molecule has 4 rings (SSSR count). The zero-order valence-electron chi connectivity index (χ0n) is 19.2. The number of aryl methyl sites for hydroxylation is 1. The van der Waals surface area contributed by atoms with Gasteiger partial charge in [0.25, 0.3) is 11.5 Å². The molecule has 0 atom stereocenters. The maximum Gasteiger partial charge on any atom is 0.279 e. The summed E-state index contributed by atoms with van der Waals surface area (Å²) in [5, 5.41) is 8.20. The minimum Gasteiger partial charge on any atom is -0.328 e. The second-order valence-electron chi connectivity index (χ2n) is 8.04. The Morgan fingerprint density at radius 1 is 0.912 bits per heavy atom. The molecule has 7 heteroatoms. The lowest BCUT2D eigenvalue weighted by atomic mass is 10.1. The van der Waals surface area contributed by atoms with Gasteiger partial charge in [-0.1, -0.05) is 61.5 Å². The number of carbonyl (C=O) groups is 2. The number of para-hydroxylation sites is 2. The molecule has 4 aromatic rings. The molecule has 1 N–H and O–H groups in total. The number of hydrogen-bond donors (Lipinski definition) is 1. The van der Waals surface area contributed by atoms with Crippen LogP contribution < -0.4 is 10.9 Å². The number of nitrogens with one attached hydrogen (secondary N) is 1. The third-order valence-corrected chi connectivity index (χ3v) is 5.54. The van der Waals surface area contributed by atoms with Crippen molar-refractivity contribution in [3.8, 4) is 5.69 Å². The molecule has 0 saturated carbocycles. The number of carbonyl (C=O) groups excluding carboxylic acids is 2. The fraction of sp³-hybridized carbons (Fsp3) is 0.185. The molecule has 3 aromatic carbocycles. The maximum absolute atomic E-state index is 13.7. The van der Waals surface area contributed by atoms with Crippen LogP contribution in [-0.4, -0.2) is 39.6 Å². The number of nitrogens with zero attached hydrogens (tertiary/aromatic N) is 3. The number of aromatic nitrogens is 2. The highest BCUT2D eigenvalue weighted by Crippen LogP contribution is 2.18. The van der Waals surface area contributed by atoms with Crippen molar-refractivity contribution in [2.24, 2.45) is 0 Å². The molecule has 0 unspecified atom stereocenters. The summed E-state index contributed by atoms with van der Waals surface area (Å²) < 4.78 is 1.24. The lowest BCUT2D eigenvalue weighted by Crippen LogP contribution is -2.40. The topological polar surface area (TPSA) is 84.3 Å². The second-order valence-corrected chi connectivity index (χ2v) is 8.04. The summed E-state index contributed by atoms with van der Waals surface area (Å²) >= 11 is 0. The van der Waals surface area contributed by atoms with Crippen LogP contribution in [0.4, 0.5) is 5.69 Å². The van der Waals surface area contributed by atoms with Gasteiger partial charge in [-0.05, 0) is 43.2 Å². The van der Waals surface area contributed by atoms with E-state index in [9.17, 15) is 14.4 Å². The van der Waals surface area contributed by atoms with Gasteiger partial charge in [0, 0.05) is 17.6 Å². The summed E-state index contributed by atoms with van der Waals surface area (Å²) in [6, 6.07) is 23.4. The first-order valence-electron chi connectivity index (χ1n) is 11.2. The van der Waals surface area contributed by atoms with Gasteiger partial charge >= 0.3 is 0 Å². The molecule has 7 nitrogen and oxygen atoms in total. The summed E-state index contributed by atoms with van der Waals surface area (Å²) in [5.74, 6) is -0.695. The zero-order valence-corrected chi connectivity index (χ0v) is 19.2. The van der Waals surface area contributed by atoms with Gasteiger partial charge < -0.3 is 10.2 Å².